The highest BCUT2D eigenvalue weighted by molar-refractivity contribution is 5.77. The molecule has 0 aliphatic heterocycles. The Balaban J connectivity index is 1.70. The number of hydrogen-bond donors (Lipinski definition) is 2. The molecule has 3 nitrogen and oxygen atoms in total. The molecule has 2 saturated carbocycles. The van der Waals surface area contributed by atoms with Crippen molar-refractivity contribution in [1.82, 2.24) is 5.32 Å². The zero-order valence-electron chi connectivity index (χ0n) is 9.30. The molecule has 0 spiro atoms. The summed E-state index contributed by atoms with van der Waals surface area (Å²) in [4.78, 5) is 11.6. The number of amides is 1. The van der Waals surface area contributed by atoms with Gasteiger partial charge in [-0.1, -0.05) is 19.3 Å². The molecule has 2 aliphatic carbocycles. The van der Waals surface area contributed by atoms with Crippen LogP contribution in [0.5, 0.6) is 0 Å². The highest BCUT2D eigenvalue weighted by atomic mass is 16.3. The third-order valence-corrected chi connectivity index (χ3v) is 3.56. The van der Waals surface area contributed by atoms with E-state index < -0.39 is 5.60 Å². The Labute approximate surface area is 91.2 Å². The summed E-state index contributed by atoms with van der Waals surface area (Å²) in [6.45, 7) is 0.814. The van der Waals surface area contributed by atoms with E-state index >= 15 is 0 Å². The third kappa shape index (κ3) is 3.49. The summed E-state index contributed by atoms with van der Waals surface area (Å²) in [5.41, 5.74) is -0.702. The van der Waals surface area contributed by atoms with Crippen LogP contribution >= 0.6 is 0 Å². The van der Waals surface area contributed by atoms with E-state index in [4.69, 9.17) is 0 Å². The molecule has 1 amide bonds. The SMILES string of the molecule is O=C(CC1(O)CCCCC1)NCC1CC1. The summed E-state index contributed by atoms with van der Waals surface area (Å²) in [5.74, 6) is 0.751. The number of nitrogens with one attached hydrogen (secondary N) is 1. The van der Waals surface area contributed by atoms with Gasteiger partial charge in [-0.2, -0.15) is 0 Å². The van der Waals surface area contributed by atoms with Gasteiger partial charge < -0.3 is 10.4 Å². The van der Waals surface area contributed by atoms with E-state index in [9.17, 15) is 9.90 Å². The summed E-state index contributed by atoms with van der Waals surface area (Å²) in [6.07, 6.45) is 7.73. The van der Waals surface area contributed by atoms with Gasteiger partial charge in [-0.3, -0.25) is 4.79 Å². The summed E-state index contributed by atoms with van der Waals surface area (Å²) >= 11 is 0. The van der Waals surface area contributed by atoms with Gasteiger partial charge in [-0.25, -0.2) is 0 Å². The lowest BCUT2D eigenvalue weighted by atomic mass is 9.82. The van der Waals surface area contributed by atoms with Crippen molar-refractivity contribution >= 4 is 5.91 Å². The lowest BCUT2D eigenvalue weighted by Gasteiger charge is -2.31. The zero-order valence-corrected chi connectivity index (χ0v) is 9.30. The molecule has 2 rings (SSSR count). The van der Waals surface area contributed by atoms with Gasteiger partial charge in [0, 0.05) is 6.54 Å². The lowest BCUT2D eigenvalue weighted by Crippen LogP contribution is -2.38. The molecule has 3 heteroatoms. The number of aliphatic hydroxyl groups is 1. The maximum Gasteiger partial charge on any atom is 0.222 e. The molecule has 0 unspecified atom stereocenters. The van der Waals surface area contributed by atoms with Crippen molar-refractivity contribution in [3.8, 4) is 0 Å². The standard InChI is InChI=1S/C12H21NO2/c14-11(13-9-10-4-5-10)8-12(15)6-2-1-3-7-12/h10,15H,1-9H2,(H,13,14). The molecule has 2 fully saturated rings. The van der Waals surface area contributed by atoms with Crippen LogP contribution in [0.15, 0.2) is 0 Å². The Kier molecular flexibility index (Phi) is 3.29. The maximum atomic E-state index is 11.6. The van der Waals surface area contributed by atoms with Crippen LogP contribution in [0, 0.1) is 5.92 Å². The predicted octanol–water partition coefficient (Wildman–Crippen LogP) is 1.60. The highest BCUT2D eigenvalue weighted by Crippen LogP contribution is 2.31. The monoisotopic (exact) mass is 211 g/mol. The molecular weight excluding hydrogens is 190 g/mol. The highest BCUT2D eigenvalue weighted by Gasteiger charge is 2.32. The normalized spacial score (nSPS) is 24.9. The number of rotatable bonds is 4. The molecule has 0 saturated heterocycles. The van der Waals surface area contributed by atoms with E-state index in [2.05, 4.69) is 5.32 Å². The Hall–Kier alpha value is -0.570. The molecular formula is C12H21NO2. The first kappa shape index (κ1) is 10.9. The van der Waals surface area contributed by atoms with Crippen molar-refractivity contribution < 1.29 is 9.90 Å². The molecule has 0 aromatic heterocycles. The van der Waals surface area contributed by atoms with Gasteiger partial charge in [-0.05, 0) is 31.6 Å². The molecule has 0 radical (unpaired) electrons. The van der Waals surface area contributed by atoms with Crippen molar-refractivity contribution in [3.63, 3.8) is 0 Å². The van der Waals surface area contributed by atoms with Gasteiger partial charge >= 0.3 is 0 Å². The van der Waals surface area contributed by atoms with Crippen molar-refractivity contribution in [3.05, 3.63) is 0 Å². The molecule has 2 N–H and O–H groups in total. The second-order valence-electron chi connectivity index (χ2n) is 5.21. The van der Waals surface area contributed by atoms with Crippen LogP contribution in [0.4, 0.5) is 0 Å². The van der Waals surface area contributed by atoms with E-state index in [1.54, 1.807) is 0 Å². The molecule has 0 atom stereocenters. The third-order valence-electron chi connectivity index (χ3n) is 3.56. The van der Waals surface area contributed by atoms with Gasteiger partial charge in [0.1, 0.15) is 0 Å². The van der Waals surface area contributed by atoms with Crippen LogP contribution in [0.3, 0.4) is 0 Å². The number of hydrogen-bond acceptors (Lipinski definition) is 2. The van der Waals surface area contributed by atoms with Gasteiger partial charge in [0.05, 0.1) is 12.0 Å². The van der Waals surface area contributed by atoms with Gasteiger partial charge in [0.15, 0.2) is 0 Å². The van der Waals surface area contributed by atoms with Crippen LogP contribution in [0.2, 0.25) is 0 Å². The van der Waals surface area contributed by atoms with Crippen LogP contribution in [-0.2, 0) is 4.79 Å². The molecule has 0 aromatic rings. The molecule has 0 aromatic carbocycles. The Bertz CT molecular complexity index is 230. The van der Waals surface area contributed by atoms with Gasteiger partial charge in [0.25, 0.3) is 0 Å². The van der Waals surface area contributed by atoms with Gasteiger partial charge in [-0.15, -0.1) is 0 Å². The zero-order chi connectivity index (χ0) is 10.7. The Morgan fingerprint density at radius 2 is 1.93 bits per heavy atom. The van der Waals surface area contributed by atoms with Gasteiger partial charge in [0.2, 0.25) is 5.91 Å². The summed E-state index contributed by atoms with van der Waals surface area (Å²) < 4.78 is 0. The second-order valence-corrected chi connectivity index (χ2v) is 5.21. The fourth-order valence-corrected chi connectivity index (χ4v) is 2.33. The first-order valence-corrected chi connectivity index (χ1v) is 6.17. The fourth-order valence-electron chi connectivity index (χ4n) is 2.33. The predicted molar refractivity (Wildman–Crippen MR) is 58.4 cm³/mol. The Morgan fingerprint density at radius 1 is 1.27 bits per heavy atom. The average Bonchev–Trinajstić information content (AvgIpc) is 2.98. The minimum absolute atomic E-state index is 0.0336. The average molecular weight is 211 g/mol. The Morgan fingerprint density at radius 3 is 2.53 bits per heavy atom. The second kappa shape index (κ2) is 4.52. The topological polar surface area (TPSA) is 49.3 Å². The molecule has 86 valence electrons. The quantitative estimate of drug-likeness (QED) is 0.742. The summed E-state index contributed by atoms with van der Waals surface area (Å²) in [6, 6.07) is 0. The van der Waals surface area contributed by atoms with E-state index in [-0.39, 0.29) is 5.91 Å². The number of carbonyl (C=O) groups excluding carboxylic acids is 1. The summed E-state index contributed by atoms with van der Waals surface area (Å²) in [7, 11) is 0. The fraction of sp³-hybridized carbons (Fsp3) is 0.917. The summed E-state index contributed by atoms with van der Waals surface area (Å²) in [5, 5.41) is 13.1. The largest absolute Gasteiger partial charge is 0.389 e. The first-order chi connectivity index (χ1) is 7.18. The van der Waals surface area contributed by atoms with E-state index in [0.717, 1.165) is 38.1 Å². The first-order valence-electron chi connectivity index (χ1n) is 6.17. The van der Waals surface area contributed by atoms with Crippen molar-refractivity contribution in [2.24, 2.45) is 5.92 Å². The van der Waals surface area contributed by atoms with E-state index in [0.29, 0.717) is 6.42 Å². The minimum Gasteiger partial charge on any atom is -0.389 e. The van der Waals surface area contributed by atoms with Crippen LogP contribution < -0.4 is 5.32 Å². The van der Waals surface area contributed by atoms with Crippen LogP contribution in [0.25, 0.3) is 0 Å². The maximum absolute atomic E-state index is 11.6. The van der Waals surface area contributed by atoms with Crippen molar-refractivity contribution in [2.75, 3.05) is 6.54 Å². The lowest BCUT2D eigenvalue weighted by molar-refractivity contribution is -0.127. The molecule has 0 bridgehead atoms. The molecule has 0 heterocycles. The molecule has 15 heavy (non-hydrogen) atoms. The van der Waals surface area contributed by atoms with E-state index in [1.165, 1.54) is 19.3 Å². The molecule has 2 aliphatic rings. The van der Waals surface area contributed by atoms with Crippen molar-refractivity contribution in [1.29, 1.82) is 0 Å². The smallest absolute Gasteiger partial charge is 0.222 e. The minimum atomic E-state index is -0.702. The van der Waals surface area contributed by atoms with Crippen molar-refractivity contribution in [2.45, 2.75) is 57.0 Å². The van der Waals surface area contributed by atoms with Crippen LogP contribution in [0.1, 0.15) is 51.4 Å². The van der Waals surface area contributed by atoms with E-state index in [1.807, 2.05) is 0 Å². The number of carbonyl (C=O) groups is 1. The van der Waals surface area contributed by atoms with Crippen LogP contribution in [-0.4, -0.2) is 23.2 Å².